The van der Waals surface area contributed by atoms with Crippen molar-refractivity contribution in [1.29, 1.82) is 0 Å². The Hall–Kier alpha value is -0.470. The predicted octanol–water partition coefficient (Wildman–Crippen LogP) is 2.76. The van der Waals surface area contributed by atoms with E-state index in [1.165, 1.54) is 42.8 Å². The Morgan fingerprint density at radius 1 is 1.33 bits per heavy atom. The van der Waals surface area contributed by atoms with Crippen LogP contribution in [-0.4, -0.2) is 11.3 Å². The van der Waals surface area contributed by atoms with Crippen LogP contribution in [0.3, 0.4) is 0 Å². The minimum absolute atomic E-state index is 0.203. The van der Waals surface area contributed by atoms with Gasteiger partial charge in [-0.3, -0.25) is 0 Å². The van der Waals surface area contributed by atoms with E-state index in [9.17, 15) is 0 Å². The normalized spacial score (nSPS) is 21.4. The SMILES string of the molecule is NC1(CCc2cccc3c2CCS3)CC1. The molecule has 0 atom stereocenters. The number of thioether (sulfide) groups is 1. The maximum atomic E-state index is 6.13. The van der Waals surface area contributed by atoms with E-state index in [1.54, 1.807) is 11.1 Å². The number of hydrogen-bond donors (Lipinski definition) is 1. The van der Waals surface area contributed by atoms with E-state index in [1.807, 2.05) is 11.8 Å². The summed E-state index contributed by atoms with van der Waals surface area (Å²) < 4.78 is 0. The lowest BCUT2D eigenvalue weighted by molar-refractivity contribution is 0.607. The molecule has 1 saturated carbocycles. The van der Waals surface area contributed by atoms with Crippen LogP contribution in [0.25, 0.3) is 0 Å². The second-order valence-electron chi connectivity index (χ2n) is 4.85. The molecular formula is C13H17NS. The molecule has 1 aromatic rings. The largest absolute Gasteiger partial charge is 0.325 e. The minimum Gasteiger partial charge on any atom is -0.325 e. The predicted molar refractivity (Wildman–Crippen MR) is 65.3 cm³/mol. The van der Waals surface area contributed by atoms with Crippen molar-refractivity contribution in [2.75, 3.05) is 5.75 Å². The van der Waals surface area contributed by atoms with E-state index in [0.29, 0.717) is 0 Å². The molecule has 1 aliphatic heterocycles. The van der Waals surface area contributed by atoms with Gasteiger partial charge in [-0.15, -0.1) is 11.8 Å². The molecule has 1 nitrogen and oxygen atoms in total. The number of nitrogens with two attached hydrogens (primary N) is 1. The average Bonchev–Trinajstić information content (AvgIpc) is 2.80. The third-order valence-electron chi connectivity index (χ3n) is 3.62. The number of aryl methyl sites for hydroxylation is 1. The molecule has 0 bridgehead atoms. The molecule has 0 saturated heterocycles. The van der Waals surface area contributed by atoms with Gasteiger partial charge in [-0.2, -0.15) is 0 Å². The lowest BCUT2D eigenvalue weighted by Gasteiger charge is -2.11. The summed E-state index contributed by atoms with van der Waals surface area (Å²) in [6, 6.07) is 6.74. The number of hydrogen-bond acceptors (Lipinski definition) is 2. The Kier molecular flexibility index (Phi) is 2.29. The Morgan fingerprint density at radius 2 is 2.20 bits per heavy atom. The monoisotopic (exact) mass is 219 g/mol. The first-order valence-corrected chi connectivity index (χ1v) is 6.78. The highest BCUT2D eigenvalue weighted by Gasteiger charge is 2.37. The van der Waals surface area contributed by atoms with Crippen LogP contribution in [0.2, 0.25) is 0 Å². The van der Waals surface area contributed by atoms with E-state index in [2.05, 4.69) is 18.2 Å². The van der Waals surface area contributed by atoms with Gasteiger partial charge in [0, 0.05) is 16.2 Å². The van der Waals surface area contributed by atoms with Gasteiger partial charge in [0.05, 0.1) is 0 Å². The second-order valence-corrected chi connectivity index (χ2v) is 5.99. The van der Waals surface area contributed by atoms with Gasteiger partial charge in [0.25, 0.3) is 0 Å². The first-order chi connectivity index (χ1) is 7.27. The van der Waals surface area contributed by atoms with Gasteiger partial charge in [-0.1, -0.05) is 12.1 Å². The number of fused-ring (bicyclic) bond motifs is 1. The summed E-state index contributed by atoms with van der Waals surface area (Å²) in [6.07, 6.45) is 6.08. The van der Waals surface area contributed by atoms with Crippen molar-refractivity contribution < 1.29 is 0 Å². The summed E-state index contributed by atoms with van der Waals surface area (Å²) in [5.41, 5.74) is 9.49. The van der Waals surface area contributed by atoms with Crippen molar-refractivity contribution in [2.24, 2.45) is 5.73 Å². The van der Waals surface area contributed by atoms with Gasteiger partial charge >= 0.3 is 0 Å². The zero-order chi connectivity index (χ0) is 10.3. The first kappa shape index (κ1) is 9.73. The first-order valence-electron chi connectivity index (χ1n) is 5.79. The standard InChI is InChI=1S/C13H17NS/c14-13(7-8-13)6-4-10-2-1-3-12-11(10)5-9-15-12/h1-3H,4-9,14H2. The molecule has 15 heavy (non-hydrogen) atoms. The molecular weight excluding hydrogens is 202 g/mol. The molecule has 1 heterocycles. The van der Waals surface area contributed by atoms with Crippen LogP contribution >= 0.6 is 11.8 Å². The van der Waals surface area contributed by atoms with Gasteiger partial charge in [-0.05, 0) is 49.3 Å². The Morgan fingerprint density at radius 3 is 3.00 bits per heavy atom. The lowest BCUT2D eigenvalue weighted by Crippen LogP contribution is -2.22. The van der Waals surface area contributed by atoms with Crippen LogP contribution in [0.1, 0.15) is 30.4 Å². The average molecular weight is 219 g/mol. The summed E-state index contributed by atoms with van der Waals surface area (Å²) in [5, 5.41) is 0. The Balaban J connectivity index is 1.77. The highest BCUT2D eigenvalue weighted by molar-refractivity contribution is 7.99. The number of rotatable bonds is 3. The highest BCUT2D eigenvalue weighted by Crippen LogP contribution is 2.38. The topological polar surface area (TPSA) is 26.0 Å². The van der Waals surface area contributed by atoms with Crippen LogP contribution in [0.4, 0.5) is 0 Å². The van der Waals surface area contributed by atoms with Gasteiger partial charge < -0.3 is 5.73 Å². The van der Waals surface area contributed by atoms with Crippen molar-refractivity contribution in [3.8, 4) is 0 Å². The van der Waals surface area contributed by atoms with Gasteiger partial charge in [0.2, 0.25) is 0 Å². The summed E-state index contributed by atoms with van der Waals surface area (Å²) in [4.78, 5) is 1.51. The van der Waals surface area contributed by atoms with Crippen molar-refractivity contribution >= 4 is 11.8 Å². The van der Waals surface area contributed by atoms with Crippen molar-refractivity contribution in [3.05, 3.63) is 29.3 Å². The quantitative estimate of drug-likeness (QED) is 0.846. The number of benzene rings is 1. The summed E-state index contributed by atoms with van der Waals surface area (Å²) >= 11 is 2.00. The van der Waals surface area contributed by atoms with Crippen LogP contribution in [0.15, 0.2) is 23.1 Å². The highest BCUT2D eigenvalue weighted by atomic mass is 32.2. The third-order valence-corrected chi connectivity index (χ3v) is 4.73. The second kappa shape index (κ2) is 3.53. The Bertz CT molecular complexity index is 382. The molecule has 0 unspecified atom stereocenters. The smallest absolute Gasteiger partial charge is 0.0158 e. The lowest BCUT2D eigenvalue weighted by atomic mass is 9.98. The van der Waals surface area contributed by atoms with Gasteiger partial charge in [0.15, 0.2) is 0 Å². The van der Waals surface area contributed by atoms with E-state index in [0.717, 1.165) is 0 Å². The maximum Gasteiger partial charge on any atom is 0.0158 e. The van der Waals surface area contributed by atoms with E-state index in [-0.39, 0.29) is 5.54 Å². The summed E-state index contributed by atoms with van der Waals surface area (Å²) in [7, 11) is 0. The summed E-state index contributed by atoms with van der Waals surface area (Å²) in [6.45, 7) is 0. The molecule has 0 aromatic heterocycles. The fourth-order valence-corrected chi connectivity index (χ4v) is 3.43. The molecule has 0 radical (unpaired) electrons. The zero-order valence-corrected chi connectivity index (χ0v) is 9.78. The zero-order valence-electron chi connectivity index (χ0n) is 8.96. The maximum absolute atomic E-state index is 6.13. The van der Waals surface area contributed by atoms with E-state index in [4.69, 9.17) is 5.73 Å². The molecule has 1 aliphatic carbocycles. The summed E-state index contributed by atoms with van der Waals surface area (Å²) in [5.74, 6) is 1.26. The minimum atomic E-state index is 0.203. The molecule has 2 heteroatoms. The molecule has 1 fully saturated rings. The van der Waals surface area contributed by atoms with E-state index < -0.39 is 0 Å². The molecule has 2 aliphatic rings. The molecule has 2 N–H and O–H groups in total. The van der Waals surface area contributed by atoms with Gasteiger partial charge in [-0.25, -0.2) is 0 Å². The Labute approximate surface area is 95.4 Å². The van der Waals surface area contributed by atoms with E-state index >= 15 is 0 Å². The molecule has 80 valence electrons. The molecule has 1 aromatic carbocycles. The molecule has 3 rings (SSSR count). The molecule has 0 spiro atoms. The van der Waals surface area contributed by atoms with Crippen molar-refractivity contribution in [2.45, 2.75) is 42.5 Å². The van der Waals surface area contributed by atoms with Crippen LogP contribution in [0.5, 0.6) is 0 Å². The fraction of sp³-hybridized carbons (Fsp3) is 0.538. The van der Waals surface area contributed by atoms with Gasteiger partial charge in [0.1, 0.15) is 0 Å². The van der Waals surface area contributed by atoms with Crippen LogP contribution in [0, 0.1) is 0 Å². The van der Waals surface area contributed by atoms with Crippen molar-refractivity contribution in [3.63, 3.8) is 0 Å². The molecule has 0 amide bonds. The van der Waals surface area contributed by atoms with Crippen LogP contribution in [-0.2, 0) is 12.8 Å². The van der Waals surface area contributed by atoms with Crippen molar-refractivity contribution in [1.82, 2.24) is 0 Å². The van der Waals surface area contributed by atoms with Crippen LogP contribution < -0.4 is 5.73 Å². The fourth-order valence-electron chi connectivity index (χ4n) is 2.32. The third kappa shape index (κ3) is 1.93.